The highest BCUT2D eigenvalue weighted by Crippen LogP contribution is 2.08. The van der Waals surface area contributed by atoms with Crippen LogP contribution in [0.2, 0.25) is 0 Å². The number of aliphatic hydroxyl groups is 1. The lowest BCUT2D eigenvalue weighted by atomic mass is 10.2. The number of carboxylic acid groups (broad SMARTS) is 1. The Kier molecular flexibility index (Phi) is 5.67. The molecular formula is C12H15F2NO3. The van der Waals surface area contributed by atoms with E-state index in [1.165, 1.54) is 6.07 Å². The number of benzene rings is 1. The maximum Gasteiger partial charge on any atom is 0.303 e. The number of hydrogen-bond donors (Lipinski definition) is 3. The Morgan fingerprint density at radius 2 is 2.06 bits per heavy atom. The van der Waals surface area contributed by atoms with Crippen molar-refractivity contribution in [3.8, 4) is 0 Å². The van der Waals surface area contributed by atoms with Gasteiger partial charge in [-0.15, -0.1) is 0 Å². The SMILES string of the molecule is O=C(O)CCC(O)CNCc1ccc(F)c(F)c1. The highest BCUT2D eigenvalue weighted by Gasteiger charge is 2.07. The van der Waals surface area contributed by atoms with Gasteiger partial charge in [-0.1, -0.05) is 6.07 Å². The molecule has 1 atom stereocenters. The fourth-order valence-corrected chi connectivity index (χ4v) is 1.42. The third-order valence-electron chi connectivity index (χ3n) is 2.38. The fraction of sp³-hybridized carbons (Fsp3) is 0.417. The zero-order valence-corrected chi connectivity index (χ0v) is 9.70. The highest BCUT2D eigenvalue weighted by atomic mass is 19.2. The molecule has 3 N–H and O–H groups in total. The molecule has 4 nitrogen and oxygen atoms in total. The molecule has 0 saturated heterocycles. The number of hydrogen-bond acceptors (Lipinski definition) is 3. The molecule has 0 aliphatic carbocycles. The minimum Gasteiger partial charge on any atom is -0.481 e. The van der Waals surface area contributed by atoms with Crippen LogP contribution in [0.25, 0.3) is 0 Å². The van der Waals surface area contributed by atoms with E-state index in [4.69, 9.17) is 5.11 Å². The number of aliphatic carboxylic acids is 1. The summed E-state index contributed by atoms with van der Waals surface area (Å²) in [5.74, 6) is -2.78. The van der Waals surface area contributed by atoms with E-state index in [1.54, 1.807) is 0 Å². The lowest BCUT2D eigenvalue weighted by molar-refractivity contribution is -0.137. The Labute approximate surface area is 103 Å². The Balaban J connectivity index is 2.28. The van der Waals surface area contributed by atoms with Crippen LogP contribution in [-0.4, -0.2) is 28.8 Å². The first-order chi connectivity index (χ1) is 8.49. The first-order valence-corrected chi connectivity index (χ1v) is 5.53. The van der Waals surface area contributed by atoms with Crippen molar-refractivity contribution in [2.75, 3.05) is 6.54 Å². The minimum atomic E-state index is -0.963. The third-order valence-corrected chi connectivity index (χ3v) is 2.38. The Morgan fingerprint density at radius 1 is 1.33 bits per heavy atom. The highest BCUT2D eigenvalue weighted by molar-refractivity contribution is 5.66. The number of nitrogens with one attached hydrogen (secondary N) is 1. The monoisotopic (exact) mass is 259 g/mol. The molecule has 1 unspecified atom stereocenters. The van der Waals surface area contributed by atoms with E-state index in [2.05, 4.69) is 5.32 Å². The van der Waals surface area contributed by atoms with Gasteiger partial charge < -0.3 is 15.5 Å². The smallest absolute Gasteiger partial charge is 0.303 e. The van der Waals surface area contributed by atoms with Crippen molar-refractivity contribution in [1.29, 1.82) is 0 Å². The fourth-order valence-electron chi connectivity index (χ4n) is 1.42. The Hall–Kier alpha value is -1.53. The summed E-state index contributed by atoms with van der Waals surface area (Å²) in [7, 11) is 0. The van der Waals surface area contributed by atoms with E-state index in [9.17, 15) is 18.7 Å². The second-order valence-electron chi connectivity index (χ2n) is 3.97. The molecule has 0 saturated carbocycles. The second-order valence-corrected chi connectivity index (χ2v) is 3.97. The molecule has 0 spiro atoms. The van der Waals surface area contributed by atoms with Gasteiger partial charge in [-0.05, 0) is 24.1 Å². The zero-order chi connectivity index (χ0) is 13.5. The molecule has 0 aliphatic heterocycles. The van der Waals surface area contributed by atoms with Crippen LogP contribution in [0.4, 0.5) is 8.78 Å². The average Bonchev–Trinajstić information content (AvgIpc) is 2.31. The lowest BCUT2D eigenvalue weighted by Crippen LogP contribution is -2.27. The van der Waals surface area contributed by atoms with E-state index >= 15 is 0 Å². The summed E-state index contributed by atoms with van der Waals surface area (Å²) in [5.41, 5.74) is 0.555. The lowest BCUT2D eigenvalue weighted by Gasteiger charge is -2.10. The molecule has 0 fully saturated rings. The van der Waals surface area contributed by atoms with Crippen LogP contribution in [-0.2, 0) is 11.3 Å². The van der Waals surface area contributed by atoms with Gasteiger partial charge in [0.1, 0.15) is 0 Å². The van der Waals surface area contributed by atoms with Gasteiger partial charge in [0.05, 0.1) is 6.10 Å². The molecule has 1 rings (SSSR count). The van der Waals surface area contributed by atoms with Crippen molar-refractivity contribution >= 4 is 5.97 Å². The molecule has 18 heavy (non-hydrogen) atoms. The van der Waals surface area contributed by atoms with Crippen LogP contribution in [0, 0.1) is 11.6 Å². The van der Waals surface area contributed by atoms with Crippen LogP contribution in [0.1, 0.15) is 18.4 Å². The summed E-state index contributed by atoms with van der Waals surface area (Å²) in [4.78, 5) is 10.3. The molecule has 6 heteroatoms. The maximum absolute atomic E-state index is 12.9. The molecule has 100 valence electrons. The van der Waals surface area contributed by atoms with Crippen molar-refractivity contribution in [1.82, 2.24) is 5.32 Å². The van der Waals surface area contributed by atoms with Gasteiger partial charge in [-0.25, -0.2) is 8.78 Å². The summed E-state index contributed by atoms with van der Waals surface area (Å²) in [6.07, 6.45) is -0.722. The molecule has 0 aromatic heterocycles. The summed E-state index contributed by atoms with van der Waals surface area (Å²) >= 11 is 0. The van der Waals surface area contributed by atoms with Crippen molar-refractivity contribution < 1.29 is 23.8 Å². The summed E-state index contributed by atoms with van der Waals surface area (Å²) < 4.78 is 25.5. The molecule has 1 aromatic carbocycles. The van der Waals surface area contributed by atoms with E-state index in [-0.39, 0.29) is 25.9 Å². The van der Waals surface area contributed by atoms with Gasteiger partial charge in [0, 0.05) is 19.5 Å². The molecule has 0 heterocycles. The van der Waals surface area contributed by atoms with Gasteiger partial charge in [0.2, 0.25) is 0 Å². The summed E-state index contributed by atoms with van der Waals surface area (Å²) in [5, 5.41) is 20.7. The standard InChI is InChI=1S/C12H15F2NO3/c13-10-3-1-8(5-11(10)14)6-15-7-9(16)2-4-12(17)18/h1,3,5,9,15-16H,2,4,6-7H2,(H,17,18). The predicted octanol–water partition coefficient (Wildman–Crippen LogP) is 1.28. The molecule has 0 amide bonds. The normalized spacial score (nSPS) is 12.4. The van der Waals surface area contributed by atoms with Crippen LogP contribution < -0.4 is 5.32 Å². The minimum absolute atomic E-state index is 0.103. The van der Waals surface area contributed by atoms with Crippen LogP contribution >= 0.6 is 0 Å². The van der Waals surface area contributed by atoms with Gasteiger partial charge in [0.15, 0.2) is 11.6 Å². The van der Waals surface area contributed by atoms with Gasteiger partial charge in [0.25, 0.3) is 0 Å². The maximum atomic E-state index is 12.9. The Morgan fingerprint density at radius 3 is 2.67 bits per heavy atom. The van der Waals surface area contributed by atoms with Crippen molar-refractivity contribution in [2.45, 2.75) is 25.5 Å². The number of halogens is 2. The molecule has 1 aromatic rings. The number of carboxylic acids is 1. The molecule has 0 radical (unpaired) electrons. The van der Waals surface area contributed by atoms with Crippen molar-refractivity contribution in [3.05, 3.63) is 35.4 Å². The predicted molar refractivity (Wildman–Crippen MR) is 60.9 cm³/mol. The first kappa shape index (κ1) is 14.5. The van der Waals surface area contributed by atoms with Crippen molar-refractivity contribution in [3.63, 3.8) is 0 Å². The average molecular weight is 259 g/mol. The number of rotatable bonds is 7. The van der Waals surface area contributed by atoms with Crippen LogP contribution in [0.15, 0.2) is 18.2 Å². The van der Waals surface area contributed by atoms with E-state index in [1.807, 2.05) is 0 Å². The largest absolute Gasteiger partial charge is 0.481 e. The van der Waals surface area contributed by atoms with Crippen LogP contribution in [0.3, 0.4) is 0 Å². The van der Waals surface area contributed by atoms with Gasteiger partial charge in [-0.2, -0.15) is 0 Å². The van der Waals surface area contributed by atoms with E-state index in [0.717, 1.165) is 12.1 Å². The van der Waals surface area contributed by atoms with Crippen molar-refractivity contribution in [2.24, 2.45) is 0 Å². The number of aliphatic hydroxyl groups excluding tert-OH is 1. The van der Waals surface area contributed by atoms with E-state index < -0.39 is 23.7 Å². The molecular weight excluding hydrogens is 244 g/mol. The first-order valence-electron chi connectivity index (χ1n) is 5.53. The molecule has 0 bridgehead atoms. The second kappa shape index (κ2) is 7.03. The quantitative estimate of drug-likeness (QED) is 0.690. The van der Waals surface area contributed by atoms with Crippen LogP contribution in [0.5, 0.6) is 0 Å². The third kappa shape index (κ3) is 5.20. The zero-order valence-electron chi connectivity index (χ0n) is 9.70. The molecule has 0 aliphatic rings. The van der Waals surface area contributed by atoms with Gasteiger partial charge >= 0.3 is 5.97 Å². The summed E-state index contributed by atoms with van der Waals surface area (Å²) in [6.45, 7) is 0.480. The summed E-state index contributed by atoms with van der Waals surface area (Å²) in [6, 6.07) is 3.55. The van der Waals surface area contributed by atoms with Gasteiger partial charge in [-0.3, -0.25) is 4.79 Å². The van der Waals surface area contributed by atoms with E-state index in [0.29, 0.717) is 5.56 Å². The topological polar surface area (TPSA) is 69.6 Å². The number of carbonyl (C=O) groups is 1. The Bertz CT molecular complexity index is 412.